The molecule has 1 spiro atoms. The van der Waals surface area contributed by atoms with Gasteiger partial charge in [-0.1, -0.05) is 6.07 Å². The van der Waals surface area contributed by atoms with Gasteiger partial charge >= 0.3 is 6.18 Å². The highest BCUT2D eigenvalue weighted by atomic mass is 19.4. The minimum atomic E-state index is -4.42. The molecular weight excluding hydrogens is 323 g/mol. The van der Waals surface area contributed by atoms with Crippen LogP contribution in [0.2, 0.25) is 0 Å². The second-order valence-electron chi connectivity index (χ2n) is 6.49. The monoisotopic (exact) mass is 343 g/mol. The highest BCUT2D eigenvalue weighted by molar-refractivity contribution is 5.92. The van der Waals surface area contributed by atoms with Crippen molar-refractivity contribution in [1.29, 1.82) is 0 Å². The van der Waals surface area contributed by atoms with Gasteiger partial charge < -0.3 is 14.8 Å². The Bertz CT molecular complexity index is 609. The highest BCUT2D eigenvalue weighted by Gasteiger charge is 2.44. The molecular formula is C17H20F3NO3. The largest absolute Gasteiger partial charge is 0.416 e. The van der Waals surface area contributed by atoms with Crippen LogP contribution in [-0.4, -0.2) is 24.4 Å². The Kier molecular flexibility index (Phi) is 4.57. The molecule has 1 saturated heterocycles. The van der Waals surface area contributed by atoms with Gasteiger partial charge in [0, 0.05) is 24.4 Å². The summed E-state index contributed by atoms with van der Waals surface area (Å²) >= 11 is 0. The number of nitrogens with one attached hydrogen (secondary N) is 1. The number of hydrogen-bond donors (Lipinski definition) is 1. The Morgan fingerprint density at radius 2 is 2.00 bits per heavy atom. The van der Waals surface area contributed by atoms with Crippen LogP contribution >= 0.6 is 0 Å². The van der Waals surface area contributed by atoms with Crippen LogP contribution in [0.4, 0.5) is 18.9 Å². The van der Waals surface area contributed by atoms with E-state index in [1.807, 2.05) is 6.92 Å². The van der Waals surface area contributed by atoms with Crippen molar-refractivity contribution < 1.29 is 27.4 Å². The molecule has 0 unspecified atom stereocenters. The van der Waals surface area contributed by atoms with E-state index < -0.39 is 17.5 Å². The SMILES string of the molecule is C[C@H]1COC2(CCC(C(=O)Nc3cccc(C(F)(F)F)c3)CC2)O1. The number of carbonyl (C=O) groups excluding carboxylic acids is 1. The molecule has 2 fully saturated rings. The van der Waals surface area contributed by atoms with Crippen molar-refractivity contribution in [3.8, 4) is 0 Å². The number of hydrogen-bond acceptors (Lipinski definition) is 3. The Morgan fingerprint density at radius 1 is 1.29 bits per heavy atom. The molecule has 1 saturated carbocycles. The normalized spacial score (nSPS) is 30.5. The summed E-state index contributed by atoms with van der Waals surface area (Å²) in [6, 6.07) is 4.68. The first kappa shape index (κ1) is 17.2. The zero-order valence-electron chi connectivity index (χ0n) is 13.4. The molecule has 1 aliphatic carbocycles. The minimum Gasteiger partial charge on any atom is -0.347 e. The zero-order chi connectivity index (χ0) is 17.4. The van der Waals surface area contributed by atoms with Crippen LogP contribution in [0.5, 0.6) is 0 Å². The van der Waals surface area contributed by atoms with E-state index in [0.29, 0.717) is 32.3 Å². The maximum absolute atomic E-state index is 12.7. The third-order valence-electron chi connectivity index (χ3n) is 4.57. The molecule has 4 nitrogen and oxygen atoms in total. The predicted octanol–water partition coefficient (Wildman–Crippen LogP) is 3.97. The molecule has 1 aliphatic heterocycles. The van der Waals surface area contributed by atoms with Crippen LogP contribution in [0.15, 0.2) is 24.3 Å². The molecule has 7 heteroatoms. The summed E-state index contributed by atoms with van der Waals surface area (Å²) in [6.45, 7) is 2.50. The van der Waals surface area contributed by atoms with E-state index in [9.17, 15) is 18.0 Å². The molecule has 0 radical (unpaired) electrons. The minimum absolute atomic E-state index is 0.0560. The quantitative estimate of drug-likeness (QED) is 0.884. The van der Waals surface area contributed by atoms with E-state index in [1.165, 1.54) is 12.1 Å². The van der Waals surface area contributed by atoms with Crippen LogP contribution < -0.4 is 5.32 Å². The summed E-state index contributed by atoms with van der Waals surface area (Å²) in [4.78, 5) is 12.3. The summed E-state index contributed by atoms with van der Waals surface area (Å²) < 4.78 is 49.7. The molecule has 132 valence electrons. The predicted molar refractivity (Wildman–Crippen MR) is 81.3 cm³/mol. The number of amides is 1. The van der Waals surface area contributed by atoms with E-state index in [-0.39, 0.29) is 23.6 Å². The first-order valence-corrected chi connectivity index (χ1v) is 8.07. The van der Waals surface area contributed by atoms with Crippen LogP contribution in [0.3, 0.4) is 0 Å². The van der Waals surface area contributed by atoms with Crippen LogP contribution in [0.25, 0.3) is 0 Å². The molecule has 1 atom stereocenters. The number of halogens is 3. The summed E-state index contributed by atoms with van der Waals surface area (Å²) in [5.74, 6) is -1.07. The molecule has 0 aromatic heterocycles. The Balaban J connectivity index is 1.59. The molecule has 1 N–H and O–H groups in total. The molecule has 3 rings (SSSR count). The third kappa shape index (κ3) is 3.72. The Labute approximate surface area is 138 Å². The van der Waals surface area contributed by atoms with E-state index in [0.717, 1.165) is 12.1 Å². The van der Waals surface area contributed by atoms with Crippen molar-refractivity contribution in [3.63, 3.8) is 0 Å². The number of rotatable bonds is 2. The van der Waals surface area contributed by atoms with Crippen molar-refractivity contribution in [2.75, 3.05) is 11.9 Å². The highest BCUT2D eigenvalue weighted by Crippen LogP contribution is 2.40. The van der Waals surface area contributed by atoms with Gasteiger partial charge in [0.15, 0.2) is 5.79 Å². The van der Waals surface area contributed by atoms with Crippen molar-refractivity contribution in [3.05, 3.63) is 29.8 Å². The second kappa shape index (κ2) is 6.37. The van der Waals surface area contributed by atoms with Gasteiger partial charge in [0.2, 0.25) is 5.91 Å². The maximum atomic E-state index is 12.7. The lowest BCUT2D eigenvalue weighted by Gasteiger charge is -2.35. The number of ether oxygens (including phenoxy) is 2. The van der Waals surface area contributed by atoms with Crippen molar-refractivity contribution in [2.45, 2.75) is 50.7 Å². The number of anilines is 1. The lowest BCUT2D eigenvalue weighted by atomic mass is 9.84. The van der Waals surface area contributed by atoms with E-state index in [1.54, 1.807) is 0 Å². The Morgan fingerprint density at radius 3 is 2.58 bits per heavy atom. The van der Waals surface area contributed by atoms with Gasteiger partial charge in [0.25, 0.3) is 0 Å². The van der Waals surface area contributed by atoms with Gasteiger partial charge in [-0.3, -0.25) is 4.79 Å². The van der Waals surface area contributed by atoms with Gasteiger partial charge in [-0.25, -0.2) is 0 Å². The molecule has 1 amide bonds. The molecule has 1 heterocycles. The number of alkyl halides is 3. The van der Waals surface area contributed by atoms with Crippen LogP contribution in [-0.2, 0) is 20.4 Å². The Hall–Kier alpha value is -1.60. The molecule has 24 heavy (non-hydrogen) atoms. The second-order valence-corrected chi connectivity index (χ2v) is 6.49. The summed E-state index contributed by atoms with van der Waals surface area (Å²) in [7, 11) is 0. The number of carbonyl (C=O) groups is 1. The summed E-state index contributed by atoms with van der Waals surface area (Å²) in [5, 5.41) is 2.59. The van der Waals surface area contributed by atoms with Gasteiger partial charge in [0.05, 0.1) is 18.3 Å². The molecule has 1 aromatic carbocycles. The molecule has 1 aromatic rings. The van der Waals surface area contributed by atoms with Crippen molar-refractivity contribution >= 4 is 11.6 Å². The van der Waals surface area contributed by atoms with Crippen molar-refractivity contribution in [2.24, 2.45) is 5.92 Å². The lowest BCUT2D eigenvalue weighted by Crippen LogP contribution is -2.38. The fourth-order valence-electron chi connectivity index (χ4n) is 3.30. The van der Waals surface area contributed by atoms with Gasteiger partial charge in [0.1, 0.15) is 0 Å². The zero-order valence-corrected chi connectivity index (χ0v) is 13.4. The van der Waals surface area contributed by atoms with Crippen LogP contribution in [0, 0.1) is 5.92 Å². The first-order valence-electron chi connectivity index (χ1n) is 8.07. The number of benzene rings is 1. The first-order chi connectivity index (χ1) is 11.3. The molecule has 0 bridgehead atoms. The van der Waals surface area contributed by atoms with E-state index in [4.69, 9.17) is 9.47 Å². The topological polar surface area (TPSA) is 47.6 Å². The van der Waals surface area contributed by atoms with Gasteiger partial charge in [-0.15, -0.1) is 0 Å². The third-order valence-corrected chi connectivity index (χ3v) is 4.57. The fourth-order valence-corrected chi connectivity index (χ4v) is 3.30. The van der Waals surface area contributed by atoms with Gasteiger partial charge in [-0.2, -0.15) is 13.2 Å². The average Bonchev–Trinajstić information content (AvgIpc) is 2.88. The van der Waals surface area contributed by atoms with Crippen molar-refractivity contribution in [1.82, 2.24) is 0 Å². The smallest absolute Gasteiger partial charge is 0.347 e. The standard InChI is InChI=1S/C17H20F3NO3/c1-11-10-23-16(24-11)7-5-12(6-8-16)15(22)21-14-4-2-3-13(9-14)17(18,19)20/h2-4,9,11-12H,5-8,10H2,1H3,(H,21,22)/t11-,12?,16?/m0/s1. The van der Waals surface area contributed by atoms with E-state index in [2.05, 4.69) is 5.32 Å². The van der Waals surface area contributed by atoms with Gasteiger partial charge in [-0.05, 0) is 38.0 Å². The molecule has 2 aliphatic rings. The fraction of sp³-hybridized carbons (Fsp3) is 0.588. The summed E-state index contributed by atoms with van der Waals surface area (Å²) in [5.41, 5.74) is -0.609. The maximum Gasteiger partial charge on any atom is 0.416 e. The summed E-state index contributed by atoms with van der Waals surface area (Å²) in [6.07, 6.45) is -1.93. The average molecular weight is 343 g/mol. The van der Waals surface area contributed by atoms with Crippen LogP contribution in [0.1, 0.15) is 38.2 Å². The van der Waals surface area contributed by atoms with E-state index >= 15 is 0 Å². The lowest BCUT2D eigenvalue weighted by molar-refractivity contribution is -0.191.